The number of nitrogens with zero attached hydrogens (tertiary/aromatic N) is 1. The van der Waals surface area contributed by atoms with Gasteiger partial charge in [0.05, 0.1) is 0 Å². The molecule has 0 spiro atoms. The number of amidine groups is 1. The third kappa shape index (κ3) is 6.45. The lowest BCUT2D eigenvalue weighted by Crippen LogP contribution is -2.32. The molecular formula is C12H25N3O. The molecule has 0 aliphatic carbocycles. The third-order valence-corrected chi connectivity index (χ3v) is 2.61. The van der Waals surface area contributed by atoms with Gasteiger partial charge >= 0.3 is 0 Å². The van der Waals surface area contributed by atoms with Crippen LogP contribution in [-0.4, -0.2) is 24.1 Å². The van der Waals surface area contributed by atoms with Gasteiger partial charge in [-0.2, -0.15) is 0 Å². The number of hydrogen-bond donors (Lipinski definition) is 3. The first-order valence-corrected chi connectivity index (χ1v) is 5.72. The minimum atomic E-state index is -0.229. The van der Waals surface area contributed by atoms with E-state index in [0.29, 0.717) is 5.84 Å². The van der Waals surface area contributed by atoms with Crippen molar-refractivity contribution < 1.29 is 5.21 Å². The van der Waals surface area contributed by atoms with Gasteiger partial charge in [-0.1, -0.05) is 30.7 Å². The Morgan fingerprint density at radius 1 is 1.44 bits per heavy atom. The smallest absolute Gasteiger partial charge is 0.144 e. The fraction of sp³-hybridized carbons (Fsp3) is 0.750. The maximum Gasteiger partial charge on any atom is 0.144 e. The first-order chi connectivity index (χ1) is 7.40. The first kappa shape index (κ1) is 15.0. The predicted octanol–water partition coefficient (Wildman–Crippen LogP) is 2.10. The molecule has 0 aliphatic heterocycles. The summed E-state index contributed by atoms with van der Waals surface area (Å²) in [6.07, 6.45) is 4.08. The molecule has 0 atom stereocenters. The largest absolute Gasteiger partial charge is 0.409 e. The summed E-state index contributed by atoms with van der Waals surface area (Å²) < 4.78 is 0. The molecule has 4 N–H and O–H groups in total. The molecule has 0 aromatic rings. The lowest BCUT2D eigenvalue weighted by Gasteiger charge is -2.22. The summed E-state index contributed by atoms with van der Waals surface area (Å²) in [5.74, 6) is 0.303. The van der Waals surface area contributed by atoms with E-state index in [1.54, 1.807) is 0 Å². The van der Waals surface area contributed by atoms with Crippen LogP contribution in [0.1, 0.15) is 40.5 Å². The highest BCUT2D eigenvalue weighted by Gasteiger charge is 2.22. The Labute approximate surface area is 98.6 Å². The SMILES string of the molecule is CC(C)=CCNCCCC(C)(C)C(N)=NO. The zero-order chi connectivity index (χ0) is 12.6. The van der Waals surface area contributed by atoms with E-state index in [1.165, 1.54) is 5.57 Å². The second kappa shape index (κ2) is 7.28. The van der Waals surface area contributed by atoms with Gasteiger partial charge in [-0.25, -0.2) is 0 Å². The van der Waals surface area contributed by atoms with Crippen molar-refractivity contribution in [2.45, 2.75) is 40.5 Å². The Morgan fingerprint density at radius 2 is 2.06 bits per heavy atom. The Hall–Kier alpha value is -1.03. The van der Waals surface area contributed by atoms with Crippen LogP contribution in [-0.2, 0) is 0 Å². The van der Waals surface area contributed by atoms with Crippen LogP contribution >= 0.6 is 0 Å². The highest BCUT2D eigenvalue weighted by Crippen LogP contribution is 2.21. The summed E-state index contributed by atoms with van der Waals surface area (Å²) in [7, 11) is 0. The number of nitrogens with two attached hydrogens (primary N) is 1. The Balaban J connectivity index is 3.70. The standard InChI is InChI=1S/C12H25N3O/c1-10(2)6-9-14-8-5-7-12(3,4)11(13)15-16/h6,14,16H,5,7-9H2,1-4H3,(H2,13,15). The van der Waals surface area contributed by atoms with Crippen LogP contribution in [0.25, 0.3) is 0 Å². The zero-order valence-corrected chi connectivity index (χ0v) is 10.9. The number of allylic oxidation sites excluding steroid dienone is 1. The van der Waals surface area contributed by atoms with Gasteiger partial charge in [-0.05, 0) is 33.2 Å². The molecular weight excluding hydrogens is 202 g/mol. The highest BCUT2D eigenvalue weighted by atomic mass is 16.4. The fourth-order valence-electron chi connectivity index (χ4n) is 1.30. The van der Waals surface area contributed by atoms with Gasteiger partial charge in [0.15, 0.2) is 0 Å². The molecule has 0 bridgehead atoms. The van der Waals surface area contributed by atoms with E-state index >= 15 is 0 Å². The van der Waals surface area contributed by atoms with Crippen LogP contribution in [0.5, 0.6) is 0 Å². The molecule has 0 unspecified atom stereocenters. The molecule has 0 rings (SSSR count). The summed E-state index contributed by atoms with van der Waals surface area (Å²) in [6, 6.07) is 0. The van der Waals surface area contributed by atoms with Crippen LogP contribution in [0.4, 0.5) is 0 Å². The molecule has 0 saturated heterocycles. The molecule has 0 heterocycles. The molecule has 0 aromatic carbocycles. The van der Waals surface area contributed by atoms with Crippen molar-refractivity contribution in [3.8, 4) is 0 Å². The van der Waals surface area contributed by atoms with E-state index in [-0.39, 0.29) is 5.41 Å². The average molecular weight is 227 g/mol. The van der Waals surface area contributed by atoms with E-state index < -0.39 is 0 Å². The molecule has 0 saturated carbocycles. The molecule has 0 radical (unpaired) electrons. The highest BCUT2D eigenvalue weighted by molar-refractivity contribution is 5.85. The van der Waals surface area contributed by atoms with Gasteiger partial charge in [0.1, 0.15) is 5.84 Å². The van der Waals surface area contributed by atoms with Gasteiger partial charge in [0, 0.05) is 12.0 Å². The second-order valence-corrected chi connectivity index (χ2v) is 4.96. The minimum absolute atomic E-state index is 0.229. The second-order valence-electron chi connectivity index (χ2n) is 4.96. The van der Waals surface area contributed by atoms with E-state index in [1.807, 2.05) is 13.8 Å². The average Bonchev–Trinajstić information content (AvgIpc) is 2.21. The van der Waals surface area contributed by atoms with Crippen LogP contribution in [0.3, 0.4) is 0 Å². The van der Waals surface area contributed by atoms with Crippen molar-refractivity contribution in [2.75, 3.05) is 13.1 Å². The zero-order valence-electron chi connectivity index (χ0n) is 10.9. The lowest BCUT2D eigenvalue weighted by atomic mass is 9.86. The monoisotopic (exact) mass is 227 g/mol. The summed E-state index contributed by atoms with van der Waals surface area (Å²) in [4.78, 5) is 0. The minimum Gasteiger partial charge on any atom is -0.409 e. The van der Waals surface area contributed by atoms with Crippen LogP contribution in [0.2, 0.25) is 0 Å². The first-order valence-electron chi connectivity index (χ1n) is 5.72. The van der Waals surface area contributed by atoms with Crippen molar-refractivity contribution in [2.24, 2.45) is 16.3 Å². The molecule has 0 aromatic heterocycles. The van der Waals surface area contributed by atoms with E-state index in [0.717, 1.165) is 25.9 Å². The van der Waals surface area contributed by atoms with Crippen LogP contribution in [0, 0.1) is 5.41 Å². The van der Waals surface area contributed by atoms with Gasteiger partial charge < -0.3 is 16.3 Å². The maximum atomic E-state index is 8.61. The fourth-order valence-corrected chi connectivity index (χ4v) is 1.30. The number of hydrogen-bond acceptors (Lipinski definition) is 3. The predicted molar refractivity (Wildman–Crippen MR) is 68.7 cm³/mol. The third-order valence-electron chi connectivity index (χ3n) is 2.61. The molecule has 0 aliphatic rings. The number of nitrogens with one attached hydrogen (secondary N) is 1. The Morgan fingerprint density at radius 3 is 2.56 bits per heavy atom. The van der Waals surface area contributed by atoms with Crippen molar-refractivity contribution in [3.63, 3.8) is 0 Å². The molecule has 94 valence electrons. The van der Waals surface area contributed by atoms with Crippen LogP contribution in [0.15, 0.2) is 16.8 Å². The van der Waals surface area contributed by atoms with E-state index in [2.05, 4.69) is 30.4 Å². The summed E-state index contributed by atoms with van der Waals surface area (Å²) in [6.45, 7) is 10.0. The van der Waals surface area contributed by atoms with Gasteiger partial charge in [0.2, 0.25) is 0 Å². The maximum absolute atomic E-state index is 8.61. The topological polar surface area (TPSA) is 70.6 Å². The van der Waals surface area contributed by atoms with E-state index in [4.69, 9.17) is 10.9 Å². The van der Waals surface area contributed by atoms with Gasteiger partial charge in [-0.3, -0.25) is 0 Å². The van der Waals surface area contributed by atoms with Crippen molar-refractivity contribution in [1.29, 1.82) is 0 Å². The normalized spacial score (nSPS) is 12.6. The Kier molecular flexibility index (Phi) is 6.81. The van der Waals surface area contributed by atoms with Crippen molar-refractivity contribution in [1.82, 2.24) is 5.32 Å². The van der Waals surface area contributed by atoms with Crippen molar-refractivity contribution in [3.05, 3.63) is 11.6 Å². The molecule has 4 nitrogen and oxygen atoms in total. The van der Waals surface area contributed by atoms with Gasteiger partial charge in [-0.15, -0.1) is 0 Å². The number of oxime groups is 1. The quantitative estimate of drug-likeness (QED) is 0.156. The van der Waals surface area contributed by atoms with Gasteiger partial charge in [0.25, 0.3) is 0 Å². The summed E-state index contributed by atoms with van der Waals surface area (Å²) in [5.41, 5.74) is 6.70. The lowest BCUT2D eigenvalue weighted by molar-refractivity contribution is 0.304. The summed E-state index contributed by atoms with van der Waals surface area (Å²) >= 11 is 0. The molecule has 4 heteroatoms. The molecule has 16 heavy (non-hydrogen) atoms. The van der Waals surface area contributed by atoms with Crippen molar-refractivity contribution >= 4 is 5.84 Å². The van der Waals surface area contributed by atoms with Crippen LogP contribution < -0.4 is 11.1 Å². The Bertz CT molecular complexity index is 253. The van der Waals surface area contributed by atoms with E-state index in [9.17, 15) is 0 Å². The number of rotatable bonds is 7. The molecule has 0 fully saturated rings. The molecule has 0 amide bonds. The summed E-state index contributed by atoms with van der Waals surface area (Å²) in [5, 5.41) is 15.0.